The Bertz CT molecular complexity index is 534. The van der Waals surface area contributed by atoms with Crippen LogP contribution in [0.3, 0.4) is 0 Å². The van der Waals surface area contributed by atoms with Crippen LogP contribution in [0.2, 0.25) is 0 Å². The molecule has 0 atom stereocenters. The van der Waals surface area contributed by atoms with Gasteiger partial charge in [0.1, 0.15) is 5.84 Å². The number of hydrogen-bond donors (Lipinski definition) is 0. The smallest absolute Gasteiger partial charge is 0.136 e. The summed E-state index contributed by atoms with van der Waals surface area (Å²) < 4.78 is 0. The molecule has 0 saturated heterocycles. The van der Waals surface area contributed by atoms with Gasteiger partial charge in [-0.15, -0.1) is 0 Å². The molecule has 0 unspecified atom stereocenters. The lowest BCUT2D eigenvalue weighted by Crippen LogP contribution is -2.24. The highest BCUT2D eigenvalue weighted by Crippen LogP contribution is 2.17. The fraction of sp³-hybridized carbons (Fsp3) is 0.188. The molecule has 1 aliphatic heterocycles. The highest BCUT2D eigenvalue weighted by molar-refractivity contribution is 6.00. The summed E-state index contributed by atoms with van der Waals surface area (Å²) in [6, 6.07) is 8.40. The Labute approximate surface area is 109 Å². The molecule has 0 N–H and O–H groups in total. The molecule has 1 heterocycles. The van der Waals surface area contributed by atoms with Crippen LogP contribution < -0.4 is 0 Å². The molecule has 0 aromatic heterocycles. The lowest BCUT2D eigenvalue weighted by atomic mass is 10.0. The van der Waals surface area contributed by atoms with E-state index in [1.807, 2.05) is 26.2 Å². The monoisotopic (exact) mass is 238 g/mol. The van der Waals surface area contributed by atoms with E-state index in [2.05, 4.69) is 41.8 Å². The maximum Gasteiger partial charge on any atom is 0.136 e. The number of allylic oxidation sites excluding steroid dienone is 4. The summed E-state index contributed by atoms with van der Waals surface area (Å²) in [5, 5.41) is 0. The molecule has 0 amide bonds. The van der Waals surface area contributed by atoms with E-state index in [9.17, 15) is 0 Å². The van der Waals surface area contributed by atoms with Crippen LogP contribution >= 0.6 is 0 Å². The fourth-order valence-corrected chi connectivity index (χ4v) is 2.00. The van der Waals surface area contributed by atoms with E-state index in [4.69, 9.17) is 4.99 Å². The lowest BCUT2D eigenvalue weighted by molar-refractivity contribution is 0.622. The summed E-state index contributed by atoms with van der Waals surface area (Å²) in [5.74, 6) is 0.989. The van der Waals surface area contributed by atoms with Crippen LogP contribution in [0, 0.1) is 0 Å². The van der Waals surface area contributed by atoms with Crippen molar-refractivity contribution in [1.82, 2.24) is 4.90 Å². The predicted molar refractivity (Wildman–Crippen MR) is 77.8 cm³/mol. The van der Waals surface area contributed by atoms with Crippen molar-refractivity contribution >= 4 is 5.84 Å². The summed E-state index contributed by atoms with van der Waals surface area (Å²) in [5.41, 5.74) is 3.43. The zero-order valence-electron chi connectivity index (χ0n) is 10.9. The number of rotatable bonds is 1. The van der Waals surface area contributed by atoms with Crippen molar-refractivity contribution in [2.45, 2.75) is 6.42 Å². The molecule has 0 fully saturated rings. The van der Waals surface area contributed by atoms with Gasteiger partial charge >= 0.3 is 0 Å². The quantitative estimate of drug-likeness (QED) is 0.733. The van der Waals surface area contributed by atoms with Gasteiger partial charge in [-0.1, -0.05) is 43.0 Å². The molecule has 2 rings (SSSR count). The first-order valence-electron chi connectivity index (χ1n) is 6.06. The van der Waals surface area contributed by atoms with Gasteiger partial charge in [0, 0.05) is 19.7 Å². The van der Waals surface area contributed by atoms with Gasteiger partial charge in [-0.2, -0.15) is 0 Å². The van der Waals surface area contributed by atoms with Crippen LogP contribution in [-0.2, 0) is 6.42 Å². The van der Waals surface area contributed by atoms with E-state index in [0.717, 1.165) is 18.0 Å². The van der Waals surface area contributed by atoms with E-state index in [1.54, 1.807) is 6.08 Å². The number of nitrogens with zero attached hydrogens (tertiary/aromatic N) is 2. The molecule has 18 heavy (non-hydrogen) atoms. The van der Waals surface area contributed by atoms with Crippen LogP contribution in [0.5, 0.6) is 0 Å². The number of amidine groups is 1. The number of benzene rings is 1. The Balaban J connectivity index is 2.59. The van der Waals surface area contributed by atoms with E-state index in [1.165, 1.54) is 11.1 Å². The van der Waals surface area contributed by atoms with E-state index >= 15 is 0 Å². The van der Waals surface area contributed by atoms with Gasteiger partial charge in [0.05, 0.1) is 5.70 Å². The average Bonchev–Trinajstić information content (AvgIpc) is 2.33. The predicted octanol–water partition coefficient (Wildman–Crippen LogP) is 3.18. The molecular formula is C16H18N2. The van der Waals surface area contributed by atoms with Crippen molar-refractivity contribution in [3.05, 3.63) is 72.0 Å². The third kappa shape index (κ3) is 2.59. The molecule has 1 aromatic rings. The first kappa shape index (κ1) is 12.4. The van der Waals surface area contributed by atoms with Gasteiger partial charge < -0.3 is 4.90 Å². The van der Waals surface area contributed by atoms with Crippen molar-refractivity contribution in [3.8, 4) is 0 Å². The minimum atomic E-state index is 0.928. The largest absolute Gasteiger partial charge is 0.362 e. The van der Waals surface area contributed by atoms with Crippen molar-refractivity contribution in [2.24, 2.45) is 4.99 Å². The second-order valence-electron chi connectivity index (χ2n) is 4.42. The summed E-state index contributed by atoms with van der Waals surface area (Å²) >= 11 is 0. The van der Waals surface area contributed by atoms with Crippen LogP contribution in [0.15, 0.2) is 65.8 Å². The van der Waals surface area contributed by atoms with Crippen molar-refractivity contribution in [1.29, 1.82) is 0 Å². The van der Waals surface area contributed by atoms with Gasteiger partial charge in [-0.3, -0.25) is 0 Å². The molecule has 0 radical (unpaired) electrons. The molecule has 0 spiro atoms. The topological polar surface area (TPSA) is 15.6 Å². The highest BCUT2D eigenvalue weighted by atomic mass is 15.1. The Morgan fingerprint density at radius 2 is 2.06 bits per heavy atom. The third-order valence-electron chi connectivity index (χ3n) is 2.83. The highest BCUT2D eigenvalue weighted by Gasteiger charge is 2.12. The molecule has 2 nitrogen and oxygen atoms in total. The molecule has 0 aliphatic carbocycles. The third-order valence-corrected chi connectivity index (χ3v) is 2.83. The van der Waals surface area contributed by atoms with Crippen molar-refractivity contribution in [3.63, 3.8) is 0 Å². The minimum absolute atomic E-state index is 0.928. The maximum atomic E-state index is 4.71. The molecule has 2 heteroatoms. The van der Waals surface area contributed by atoms with E-state index < -0.39 is 0 Å². The SMILES string of the molecule is C=C/C=C1/C=C/Cc2ccccc2C(N(C)C)=N1. The van der Waals surface area contributed by atoms with Gasteiger partial charge in [0.15, 0.2) is 0 Å². The number of hydrogen-bond acceptors (Lipinski definition) is 2. The minimum Gasteiger partial charge on any atom is -0.362 e. The summed E-state index contributed by atoms with van der Waals surface area (Å²) in [6.07, 6.45) is 8.81. The van der Waals surface area contributed by atoms with Crippen LogP contribution in [0.4, 0.5) is 0 Å². The summed E-state index contributed by atoms with van der Waals surface area (Å²) in [7, 11) is 4.04. The Morgan fingerprint density at radius 1 is 1.28 bits per heavy atom. The first-order valence-corrected chi connectivity index (χ1v) is 6.06. The van der Waals surface area contributed by atoms with Crippen LogP contribution in [-0.4, -0.2) is 24.8 Å². The standard InChI is InChI=1S/C16H18N2/c1-4-8-14-11-7-10-13-9-5-6-12-15(13)16(17-14)18(2)3/h4-9,11-12H,1,10H2,2-3H3/b11-7+,14-8-,17-16?. The van der Waals surface area contributed by atoms with Crippen molar-refractivity contribution < 1.29 is 0 Å². The van der Waals surface area contributed by atoms with Gasteiger partial charge in [-0.05, 0) is 24.1 Å². The Kier molecular flexibility index (Phi) is 3.78. The van der Waals surface area contributed by atoms with Gasteiger partial charge in [-0.25, -0.2) is 4.99 Å². The lowest BCUT2D eigenvalue weighted by Gasteiger charge is -2.20. The molecule has 0 saturated carbocycles. The van der Waals surface area contributed by atoms with Crippen LogP contribution in [0.25, 0.3) is 0 Å². The second-order valence-corrected chi connectivity index (χ2v) is 4.42. The normalized spacial score (nSPS) is 18.3. The number of aliphatic imine (C=N–C) groups is 1. The van der Waals surface area contributed by atoms with Crippen LogP contribution in [0.1, 0.15) is 11.1 Å². The molecular weight excluding hydrogens is 220 g/mol. The second kappa shape index (κ2) is 5.50. The van der Waals surface area contributed by atoms with Gasteiger partial charge in [0.2, 0.25) is 0 Å². The molecule has 1 aliphatic rings. The zero-order valence-corrected chi connectivity index (χ0v) is 10.9. The molecule has 92 valence electrons. The van der Waals surface area contributed by atoms with E-state index in [0.29, 0.717) is 0 Å². The van der Waals surface area contributed by atoms with Gasteiger partial charge in [0.25, 0.3) is 0 Å². The fourth-order valence-electron chi connectivity index (χ4n) is 2.00. The summed E-state index contributed by atoms with van der Waals surface area (Å²) in [4.78, 5) is 6.76. The first-order chi connectivity index (χ1) is 8.72. The Hall–Kier alpha value is -2.09. The van der Waals surface area contributed by atoms with Crippen molar-refractivity contribution in [2.75, 3.05) is 14.1 Å². The Morgan fingerprint density at radius 3 is 2.78 bits per heavy atom. The zero-order chi connectivity index (χ0) is 13.0. The maximum absolute atomic E-state index is 4.71. The summed E-state index contributed by atoms with van der Waals surface area (Å²) in [6.45, 7) is 3.73. The van der Waals surface area contributed by atoms with E-state index in [-0.39, 0.29) is 0 Å². The number of fused-ring (bicyclic) bond motifs is 1. The average molecular weight is 238 g/mol. The molecule has 0 bridgehead atoms. The molecule has 1 aromatic carbocycles.